The normalized spacial score (nSPS) is 16.5. The van der Waals surface area contributed by atoms with Crippen LogP contribution in [0.1, 0.15) is 10.8 Å². The second-order valence-electron chi connectivity index (χ2n) is 4.77. The summed E-state index contributed by atoms with van der Waals surface area (Å²) in [5.41, 5.74) is 0. The Labute approximate surface area is 148 Å². The molecule has 0 N–H and O–H groups in total. The van der Waals surface area contributed by atoms with Crippen LogP contribution in [0, 0.1) is 0 Å². The highest BCUT2D eigenvalue weighted by atomic mass is 32.2. The number of nitrogens with zero attached hydrogens (tertiary/aromatic N) is 3. The fourth-order valence-corrected chi connectivity index (χ4v) is 4.31. The molecule has 3 aromatic heterocycles. The maximum atomic E-state index is 12.4. The summed E-state index contributed by atoms with van der Waals surface area (Å²) in [6, 6.07) is 7.56. The Morgan fingerprint density at radius 1 is 1.17 bits per heavy atom. The summed E-state index contributed by atoms with van der Waals surface area (Å²) in [4.78, 5) is 32.1. The van der Waals surface area contributed by atoms with Crippen molar-refractivity contribution in [1.82, 2.24) is 15.0 Å². The van der Waals surface area contributed by atoms with Crippen LogP contribution in [0.15, 0.2) is 44.5 Å². The summed E-state index contributed by atoms with van der Waals surface area (Å²) >= 11 is 3.92. The van der Waals surface area contributed by atoms with E-state index in [4.69, 9.17) is 4.52 Å². The first kappa shape index (κ1) is 15.3. The van der Waals surface area contributed by atoms with Gasteiger partial charge in [0.25, 0.3) is 11.1 Å². The number of amides is 2. The largest absolute Gasteiger partial charge is 0.337 e. The molecule has 0 saturated carbocycles. The molecule has 0 radical (unpaired) electrons. The maximum Gasteiger partial charge on any atom is 0.294 e. The van der Waals surface area contributed by atoms with Crippen LogP contribution in [0.25, 0.3) is 16.8 Å². The standard InChI is InChI=1S/C15H9N3O3S3/c19-14-11(7-9-3-1-5-22-9)24-15(20)18(14)8-12-16-13(17-21-12)10-4-2-6-23-10/h1-7H,8H2/b11-7-. The molecule has 3 aromatic rings. The summed E-state index contributed by atoms with van der Waals surface area (Å²) in [5, 5.41) is 7.38. The van der Waals surface area contributed by atoms with E-state index in [-0.39, 0.29) is 23.6 Å². The minimum atomic E-state index is -0.339. The van der Waals surface area contributed by atoms with E-state index in [0.717, 1.165) is 26.4 Å². The minimum absolute atomic E-state index is 0.0230. The average Bonchev–Trinajstić information content (AvgIpc) is 3.33. The fourth-order valence-electron chi connectivity index (χ4n) is 2.10. The molecular formula is C15H9N3O3S3. The van der Waals surface area contributed by atoms with Gasteiger partial charge in [-0.25, -0.2) is 0 Å². The predicted molar refractivity (Wildman–Crippen MR) is 93.4 cm³/mol. The molecule has 9 heteroatoms. The highest BCUT2D eigenvalue weighted by molar-refractivity contribution is 8.18. The lowest BCUT2D eigenvalue weighted by Crippen LogP contribution is -2.27. The van der Waals surface area contributed by atoms with Crippen LogP contribution in [0.5, 0.6) is 0 Å². The topological polar surface area (TPSA) is 76.3 Å². The third-order valence-electron chi connectivity index (χ3n) is 3.19. The minimum Gasteiger partial charge on any atom is -0.337 e. The van der Waals surface area contributed by atoms with Gasteiger partial charge in [0.1, 0.15) is 6.54 Å². The van der Waals surface area contributed by atoms with Gasteiger partial charge in [0.15, 0.2) is 0 Å². The molecular weight excluding hydrogens is 366 g/mol. The van der Waals surface area contributed by atoms with E-state index in [0.29, 0.717) is 10.7 Å². The van der Waals surface area contributed by atoms with Gasteiger partial charge < -0.3 is 4.52 Å². The van der Waals surface area contributed by atoms with Gasteiger partial charge in [-0.2, -0.15) is 4.98 Å². The molecule has 120 valence electrons. The third-order valence-corrected chi connectivity index (χ3v) is 5.79. The third kappa shape index (κ3) is 2.93. The number of thiophene rings is 2. The number of aromatic nitrogens is 2. The van der Waals surface area contributed by atoms with E-state index in [1.54, 1.807) is 6.08 Å². The van der Waals surface area contributed by atoms with Crippen molar-refractivity contribution in [3.05, 3.63) is 50.7 Å². The number of rotatable bonds is 4. The lowest BCUT2D eigenvalue weighted by Gasteiger charge is -2.08. The number of carbonyl (C=O) groups is 2. The zero-order valence-electron chi connectivity index (χ0n) is 12.0. The molecule has 1 saturated heterocycles. The predicted octanol–water partition coefficient (Wildman–Crippen LogP) is 4.10. The van der Waals surface area contributed by atoms with Crippen LogP contribution in [0.3, 0.4) is 0 Å². The summed E-state index contributed by atoms with van der Waals surface area (Å²) in [6.07, 6.45) is 1.72. The Kier molecular flexibility index (Phi) is 4.05. The number of carbonyl (C=O) groups excluding carboxylic acids is 2. The Bertz CT molecular complexity index is 913. The van der Waals surface area contributed by atoms with Crippen molar-refractivity contribution in [1.29, 1.82) is 0 Å². The first-order valence-corrected chi connectivity index (χ1v) is 9.43. The molecule has 0 unspecified atom stereocenters. The molecule has 0 atom stereocenters. The quantitative estimate of drug-likeness (QED) is 0.639. The Morgan fingerprint density at radius 3 is 2.75 bits per heavy atom. The van der Waals surface area contributed by atoms with E-state index in [9.17, 15) is 9.59 Å². The van der Waals surface area contributed by atoms with Gasteiger partial charge in [0.2, 0.25) is 11.7 Å². The molecule has 24 heavy (non-hydrogen) atoms. The zero-order valence-corrected chi connectivity index (χ0v) is 14.5. The van der Waals surface area contributed by atoms with Crippen LogP contribution in [0.2, 0.25) is 0 Å². The first-order valence-electron chi connectivity index (χ1n) is 6.86. The van der Waals surface area contributed by atoms with E-state index in [1.165, 1.54) is 22.7 Å². The molecule has 0 spiro atoms. The number of hydrogen-bond acceptors (Lipinski definition) is 8. The lowest BCUT2D eigenvalue weighted by molar-refractivity contribution is -0.123. The van der Waals surface area contributed by atoms with Crippen molar-refractivity contribution >= 4 is 51.7 Å². The van der Waals surface area contributed by atoms with Gasteiger partial charge in [-0.15, -0.1) is 22.7 Å². The smallest absolute Gasteiger partial charge is 0.294 e. The SMILES string of the molecule is O=C1S/C(=C\c2cccs2)C(=O)N1Cc1nc(-c2cccs2)no1. The van der Waals surface area contributed by atoms with Gasteiger partial charge in [0.05, 0.1) is 9.78 Å². The van der Waals surface area contributed by atoms with Crippen molar-refractivity contribution in [2.45, 2.75) is 6.54 Å². The van der Waals surface area contributed by atoms with Crippen LogP contribution < -0.4 is 0 Å². The van der Waals surface area contributed by atoms with Crippen molar-refractivity contribution in [2.75, 3.05) is 0 Å². The van der Waals surface area contributed by atoms with Gasteiger partial charge in [-0.3, -0.25) is 14.5 Å². The summed E-state index contributed by atoms with van der Waals surface area (Å²) in [5.74, 6) is 0.355. The molecule has 1 aliphatic rings. The molecule has 2 amide bonds. The van der Waals surface area contributed by atoms with Crippen molar-refractivity contribution < 1.29 is 14.1 Å². The molecule has 0 bridgehead atoms. The van der Waals surface area contributed by atoms with Gasteiger partial charge in [0, 0.05) is 4.88 Å². The molecule has 4 rings (SSSR count). The molecule has 0 aliphatic carbocycles. The van der Waals surface area contributed by atoms with Crippen LogP contribution in [0.4, 0.5) is 4.79 Å². The Hall–Kier alpha value is -2.23. The molecule has 0 aromatic carbocycles. The van der Waals surface area contributed by atoms with E-state index < -0.39 is 0 Å². The lowest BCUT2D eigenvalue weighted by atomic mass is 10.3. The number of hydrogen-bond donors (Lipinski definition) is 0. The fraction of sp³-hybridized carbons (Fsp3) is 0.0667. The Morgan fingerprint density at radius 2 is 2.00 bits per heavy atom. The average molecular weight is 375 g/mol. The van der Waals surface area contributed by atoms with Crippen LogP contribution in [-0.4, -0.2) is 26.2 Å². The highest BCUT2D eigenvalue weighted by Crippen LogP contribution is 2.34. The number of thioether (sulfide) groups is 1. The highest BCUT2D eigenvalue weighted by Gasteiger charge is 2.36. The molecule has 6 nitrogen and oxygen atoms in total. The van der Waals surface area contributed by atoms with E-state index >= 15 is 0 Å². The maximum absolute atomic E-state index is 12.4. The van der Waals surface area contributed by atoms with Gasteiger partial charge in [-0.05, 0) is 40.7 Å². The second-order valence-corrected chi connectivity index (χ2v) is 7.69. The van der Waals surface area contributed by atoms with Crippen molar-refractivity contribution in [2.24, 2.45) is 0 Å². The molecule has 1 aliphatic heterocycles. The number of imide groups is 1. The molecule has 1 fully saturated rings. The summed E-state index contributed by atoms with van der Waals surface area (Å²) < 4.78 is 5.16. The van der Waals surface area contributed by atoms with Crippen LogP contribution in [-0.2, 0) is 11.3 Å². The first-order chi connectivity index (χ1) is 11.7. The zero-order chi connectivity index (χ0) is 16.5. The van der Waals surface area contributed by atoms with Gasteiger partial charge in [-0.1, -0.05) is 17.3 Å². The van der Waals surface area contributed by atoms with Gasteiger partial charge >= 0.3 is 0 Å². The summed E-state index contributed by atoms with van der Waals surface area (Å²) in [7, 11) is 0. The summed E-state index contributed by atoms with van der Waals surface area (Å²) in [6.45, 7) is -0.0230. The molecule has 4 heterocycles. The van der Waals surface area contributed by atoms with Crippen molar-refractivity contribution in [3.8, 4) is 10.7 Å². The van der Waals surface area contributed by atoms with E-state index in [1.807, 2.05) is 35.0 Å². The monoisotopic (exact) mass is 375 g/mol. The van der Waals surface area contributed by atoms with E-state index in [2.05, 4.69) is 10.1 Å². The second kappa shape index (κ2) is 6.34. The Balaban J connectivity index is 1.52. The van der Waals surface area contributed by atoms with Crippen molar-refractivity contribution in [3.63, 3.8) is 0 Å². The van der Waals surface area contributed by atoms with Crippen LogP contribution >= 0.6 is 34.4 Å².